The van der Waals surface area contributed by atoms with Crippen LogP contribution in [-0.4, -0.2) is 55.4 Å². The van der Waals surface area contributed by atoms with Crippen molar-refractivity contribution >= 4 is 16.0 Å². The van der Waals surface area contributed by atoms with E-state index < -0.39 is 16.4 Å². The zero-order valence-corrected chi connectivity index (χ0v) is 18.3. The standard InChI is InChI=1S/C21H27FN4O4S/c1-14(22)29-17-4-6-18(7-5-17)31(27,28)26-10-8-25(9-11-26)21-23-20(24-30-21)19-13-15-2-3-16(19)12-15/h4-7,14-16,19H,2-3,8-13H2,1H3. The van der Waals surface area contributed by atoms with Crippen molar-refractivity contribution in [3.05, 3.63) is 30.1 Å². The zero-order valence-electron chi connectivity index (χ0n) is 17.5. The normalized spacial score (nSPS) is 27.5. The number of piperazine rings is 1. The van der Waals surface area contributed by atoms with Gasteiger partial charge in [0.25, 0.3) is 0 Å². The lowest BCUT2D eigenvalue weighted by atomic mass is 9.88. The van der Waals surface area contributed by atoms with Gasteiger partial charge in [-0.1, -0.05) is 11.6 Å². The number of halogens is 1. The number of benzene rings is 1. The number of hydrogen-bond acceptors (Lipinski definition) is 7. The van der Waals surface area contributed by atoms with Crippen molar-refractivity contribution in [1.82, 2.24) is 14.4 Å². The Balaban J connectivity index is 1.21. The maximum Gasteiger partial charge on any atom is 0.324 e. The van der Waals surface area contributed by atoms with E-state index >= 15 is 0 Å². The van der Waals surface area contributed by atoms with Crippen LogP contribution in [0.15, 0.2) is 33.7 Å². The number of nitrogens with zero attached hydrogens (tertiary/aromatic N) is 4. The molecule has 8 nitrogen and oxygen atoms in total. The number of hydrogen-bond donors (Lipinski definition) is 0. The predicted molar refractivity (Wildman–Crippen MR) is 111 cm³/mol. The lowest BCUT2D eigenvalue weighted by Crippen LogP contribution is -2.48. The number of fused-ring (bicyclic) bond motifs is 2. The third-order valence-electron chi connectivity index (χ3n) is 6.77. The Morgan fingerprint density at radius 1 is 1.13 bits per heavy atom. The summed E-state index contributed by atoms with van der Waals surface area (Å²) >= 11 is 0. The van der Waals surface area contributed by atoms with Gasteiger partial charge in [-0.15, -0.1) is 0 Å². The Morgan fingerprint density at radius 3 is 2.48 bits per heavy atom. The molecule has 1 aromatic heterocycles. The second-order valence-corrected chi connectivity index (χ2v) is 10.7. The van der Waals surface area contributed by atoms with E-state index in [1.165, 1.54) is 54.8 Å². The summed E-state index contributed by atoms with van der Waals surface area (Å²) in [5, 5.41) is 4.24. The van der Waals surface area contributed by atoms with E-state index in [0.717, 1.165) is 18.2 Å². The topological polar surface area (TPSA) is 88.8 Å². The van der Waals surface area contributed by atoms with Crippen LogP contribution in [0.5, 0.6) is 5.75 Å². The average Bonchev–Trinajstić information content (AvgIpc) is 3.51. The van der Waals surface area contributed by atoms with Crippen molar-refractivity contribution in [1.29, 1.82) is 0 Å². The SMILES string of the molecule is CC(F)Oc1ccc(S(=O)(=O)N2CCN(c3nc(C4CC5CCC4C5)no3)CC2)cc1. The summed E-state index contributed by atoms with van der Waals surface area (Å²) in [6.07, 6.45) is 3.57. The molecule has 4 unspecified atom stereocenters. The minimum atomic E-state index is -3.64. The van der Waals surface area contributed by atoms with Gasteiger partial charge in [0.1, 0.15) is 5.75 Å². The van der Waals surface area contributed by atoms with Gasteiger partial charge >= 0.3 is 6.01 Å². The van der Waals surface area contributed by atoms with E-state index in [-0.39, 0.29) is 4.90 Å². The van der Waals surface area contributed by atoms with E-state index in [0.29, 0.717) is 49.8 Å². The van der Waals surface area contributed by atoms with Gasteiger partial charge in [-0.25, -0.2) is 12.8 Å². The van der Waals surface area contributed by atoms with Crippen LogP contribution < -0.4 is 9.64 Å². The molecule has 2 heterocycles. The molecule has 2 bridgehead atoms. The summed E-state index contributed by atoms with van der Waals surface area (Å²) in [7, 11) is -3.64. The largest absolute Gasteiger partial charge is 0.461 e. The van der Waals surface area contributed by atoms with Crippen molar-refractivity contribution in [3.63, 3.8) is 0 Å². The molecule has 0 spiro atoms. The zero-order chi connectivity index (χ0) is 21.6. The van der Waals surface area contributed by atoms with Crippen molar-refractivity contribution in [3.8, 4) is 5.75 Å². The maximum absolute atomic E-state index is 13.0. The molecular weight excluding hydrogens is 423 g/mol. The van der Waals surface area contributed by atoms with Gasteiger partial charge in [0.05, 0.1) is 4.90 Å². The molecule has 4 atom stereocenters. The Morgan fingerprint density at radius 2 is 1.87 bits per heavy atom. The quantitative estimate of drug-likeness (QED) is 0.668. The number of ether oxygens (including phenoxy) is 1. The highest BCUT2D eigenvalue weighted by molar-refractivity contribution is 7.89. The van der Waals surface area contributed by atoms with Crippen molar-refractivity contribution in [2.24, 2.45) is 11.8 Å². The van der Waals surface area contributed by atoms with Crippen LogP contribution in [0, 0.1) is 11.8 Å². The van der Waals surface area contributed by atoms with E-state index in [1.54, 1.807) is 0 Å². The molecule has 0 N–H and O–H groups in total. The first-order valence-electron chi connectivity index (χ1n) is 10.9. The smallest absolute Gasteiger partial charge is 0.324 e. The van der Waals surface area contributed by atoms with E-state index in [9.17, 15) is 12.8 Å². The Kier molecular flexibility index (Phi) is 5.37. The summed E-state index contributed by atoms with van der Waals surface area (Å²) in [4.78, 5) is 6.77. The van der Waals surface area contributed by atoms with Gasteiger partial charge in [0.15, 0.2) is 5.82 Å². The fourth-order valence-corrected chi connectivity index (χ4v) is 6.64. The lowest BCUT2D eigenvalue weighted by molar-refractivity contribution is 0.0860. The molecule has 3 aliphatic rings. The fourth-order valence-electron chi connectivity index (χ4n) is 5.21. The number of anilines is 1. The highest BCUT2D eigenvalue weighted by atomic mass is 32.2. The lowest BCUT2D eigenvalue weighted by Gasteiger charge is -2.32. The number of rotatable bonds is 6. The monoisotopic (exact) mass is 450 g/mol. The van der Waals surface area contributed by atoms with Crippen LogP contribution in [-0.2, 0) is 10.0 Å². The third kappa shape index (κ3) is 4.03. The molecule has 2 saturated carbocycles. The molecule has 1 aromatic carbocycles. The molecule has 0 amide bonds. The van der Waals surface area contributed by atoms with Crippen LogP contribution in [0.4, 0.5) is 10.4 Å². The molecule has 168 valence electrons. The van der Waals surface area contributed by atoms with Gasteiger partial charge in [0.2, 0.25) is 16.4 Å². The van der Waals surface area contributed by atoms with E-state index in [2.05, 4.69) is 10.1 Å². The Hall–Kier alpha value is -2.20. The summed E-state index contributed by atoms with van der Waals surface area (Å²) < 4.78 is 50.8. The molecular formula is C21H27FN4O4S. The van der Waals surface area contributed by atoms with Crippen LogP contribution in [0.2, 0.25) is 0 Å². The van der Waals surface area contributed by atoms with Crippen molar-refractivity contribution < 1.29 is 22.1 Å². The molecule has 2 aromatic rings. The van der Waals surface area contributed by atoms with Crippen LogP contribution >= 0.6 is 0 Å². The number of alkyl halides is 1. The molecule has 1 saturated heterocycles. The molecule has 10 heteroatoms. The van der Waals surface area contributed by atoms with E-state index in [4.69, 9.17) is 9.26 Å². The van der Waals surface area contributed by atoms with Crippen molar-refractivity contribution in [2.75, 3.05) is 31.1 Å². The Bertz CT molecular complexity index is 1020. The molecule has 3 fully saturated rings. The summed E-state index contributed by atoms with van der Waals surface area (Å²) in [6, 6.07) is 6.30. The van der Waals surface area contributed by atoms with Gasteiger partial charge in [-0.3, -0.25) is 0 Å². The minimum Gasteiger partial charge on any atom is -0.461 e. The molecule has 31 heavy (non-hydrogen) atoms. The molecule has 1 aliphatic heterocycles. The van der Waals surface area contributed by atoms with Crippen LogP contribution in [0.1, 0.15) is 44.3 Å². The van der Waals surface area contributed by atoms with Crippen LogP contribution in [0.25, 0.3) is 0 Å². The second kappa shape index (κ2) is 8.05. The summed E-state index contributed by atoms with van der Waals surface area (Å²) in [5.41, 5.74) is 0. The summed E-state index contributed by atoms with van der Waals surface area (Å²) in [6.45, 7) is 2.90. The first-order valence-corrected chi connectivity index (χ1v) is 12.3. The number of sulfonamides is 1. The number of aromatic nitrogens is 2. The predicted octanol–water partition coefficient (Wildman–Crippen LogP) is 3.18. The van der Waals surface area contributed by atoms with Gasteiger partial charge in [-0.05, 0) is 55.4 Å². The first kappa shape index (κ1) is 20.7. The highest BCUT2D eigenvalue weighted by Gasteiger charge is 2.42. The minimum absolute atomic E-state index is 0.163. The third-order valence-corrected chi connectivity index (χ3v) is 8.68. The Labute approximate surface area is 181 Å². The van der Waals surface area contributed by atoms with Gasteiger partial charge in [0, 0.05) is 39.0 Å². The average molecular weight is 451 g/mol. The van der Waals surface area contributed by atoms with Gasteiger partial charge < -0.3 is 14.2 Å². The van der Waals surface area contributed by atoms with Crippen LogP contribution in [0.3, 0.4) is 0 Å². The summed E-state index contributed by atoms with van der Waals surface area (Å²) in [5.74, 6) is 3.00. The van der Waals surface area contributed by atoms with Crippen molar-refractivity contribution in [2.45, 2.75) is 49.8 Å². The second-order valence-electron chi connectivity index (χ2n) is 8.74. The van der Waals surface area contributed by atoms with E-state index in [1.807, 2.05) is 4.90 Å². The maximum atomic E-state index is 13.0. The molecule has 5 rings (SSSR count). The molecule has 2 aliphatic carbocycles. The highest BCUT2D eigenvalue weighted by Crippen LogP contribution is 2.52. The fraction of sp³-hybridized carbons (Fsp3) is 0.619. The van der Waals surface area contributed by atoms with Gasteiger partial charge in [-0.2, -0.15) is 9.29 Å². The molecule has 0 radical (unpaired) electrons. The first-order chi connectivity index (χ1) is 14.9.